The van der Waals surface area contributed by atoms with Crippen LogP contribution in [-0.2, 0) is 14.8 Å². The first-order valence-corrected chi connectivity index (χ1v) is 12.7. The van der Waals surface area contributed by atoms with Gasteiger partial charge in [-0.1, -0.05) is 19.3 Å². The number of amides is 1. The number of sulfonamides is 1. The molecule has 1 aliphatic carbocycles. The van der Waals surface area contributed by atoms with Crippen molar-refractivity contribution in [1.82, 2.24) is 4.31 Å². The molecule has 1 saturated carbocycles. The molecule has 0 atom stereocenters. The Labute approximate surface area is 197 Å². The zero-order chi connectivity index (χ0) is 22.4. The minimum Gasteiger partial charge on any atom is -0.493 e. The van der Waals surface area contributed by atoms with Crippen molar-refractivity contribution in [2.45, 2.75) is 43.0 Å². The van der Waals surface area contributed by atoms with Gasteiger partial charge in [0, 0.05) is 21.4 Å². The fraction of sp³-hybridized carbons (Fsp3) is 0.409. The number of halogens is 1. The van der Waals surface area contributed by atoms with Crippen LogP contribution in [0.2, 0.25) is 0 Å². The lowest BCUT2D eigenvalue weighted by Crippen LogP contribution is -2.45. The number of benzene rings is 2. The van der Waals surface area contributed by atoms with Gasteiger partial charge in [0.05, 0.1) is 25.7 Å². The molecule has 1 N–H and O–H groups in total. The van der Waals surface area contributed by atoms with Crippen LogP contribution in [0.4, 0.5) is 5.69 Å². The third kappa shape index (κ3) is 5.89. The van der Waals surface area contributed by atoms with Crippen molar-refractivity contribution in [3.8, 4) is 11.5 Å². The van der Waals surface area contributed by atoms with Crippen molar-refractivity contribution in [3.05, 3.63) is 46.0 Å². The number of carbonyl (C=O) groups excluding carboxylic acids is 1. The highest BCUT2D eigenvalue weighted by atomic mass is 127. The Bertz CT molecular complexity index is 1010. The lowest BCUT2D eigenvalue weighted by Gasteiger charge is -2.33. The second kappa shape index (κ2) is 10.6. The lowest BCUT2D eigenvalue weighted by molar-refractivity contribution is -0.116. The number of ether oxygens (including phenoxy) is 2. The standard InChI is InChI=1S/C22H27IN2O5S/c1-29-20-13-12-19(14-21(20)30-2)31(27,28)25(18-6-4-3-5-7-18)15-22(26)24-17-10-8-16(23)9-11-17/h8-14,18H,3-7,15H2,1-2H3,(H,24,26). The maximum atomic E-state index is 13.6. The molecule has 3 rings (SSSR count). The Kier molecular flexibility index (Phi) is 8.17. The number of carbonyl (C=O) groups is 1. The van der Waals surface area contributed by atoms with Gasteiger partial charge in [0.1, 0.15) is 0 Å². The first-order valence-electron chi connectivity index (χ1n) is 10.1. The molecule has 9 heteroatoms. The number of hydrogen-bond donors (Lipinski definition) is 1. The Balaban J connectivity index is 1.88. The summed E-state index contributed by atoms with van der Waals surface area (Å²) in [6.07, 6.45) is 4.45. The molecule has 7 nitrogen and oxygen atoms in total. The predicted molar refractivity (Wildman–Crippen MR) is 128 cm³/mol. The van der Waals surface area contributed by atoms with E-state index < -0.39 is 10.0 Å². The molecule has 168 valence electrons. The molecular weight excluding hydrogens is 531 g/mol. The van der Waals surface area contributed by atoms with Gasteiger partial charge >= 0.3 is 0 Å². The highest BCUT2D eigenvalue weighted by Crippen LogP contribution is 2.33. The van der Waals surface area contributed by atoms with Crippen molar-refractivity contribution in [2.24, 2.45) is 0 Å². The second-order valence-electron chi connectivity index (χ2n) is 7.41. The lowest BCUT2D eigenvalue weighted by atomic mass is 9.95. The van der Waals surface area contributed by atoms with E-state index in [-0.39, 0.29) is 23.4 Å². The van der Waals surface area contributed by atoms with Gasteiger partial charge in [-0.15, -0.1) is 0 Å². The molecule has 0 saturated heterocycles. The van der Waals surface area contributed by atoms with Gasteiger partial charge in [0.25, 0.3) is 0 Å². The van der Waals surface area contributed by atoms with E-state index in [0.29, 0.717) is 17.2 Å². The Hall–Kier alpha value is -1.85. The van der Waals surface area contributed by atoms with Gasteiger partial charge in [0.15, 0.2) is 11.5 Å². The molecule has 2 aromatic carbocycles. The van der Waals surface area contributed by atoms with Crippen LogP contribution >= 0.6 is 22.6 Å². The number of hydrogen-bond acceptors (Lipinski definition) is 5. The molecule has 1 amide bonds. The minimum atomic E-state index is -3.92. The summed E-state index contributed by atoms with van der Waals surface area (Å²) in [4.78, 5) is 12.9. The van der Waals surface area contributed by atoms with Crippen molar-refractivity contribution in [2.75, 3.05) is 26.1 Å². The molecule has 0 bridgehead atoms. The normalized spacial score (nSPS) is 15.0. The van der Waals surface area contributed by atoms with Crippen LogP contribution in [0.15, 0.2) is 47.4 Å². The van der Waals surface area contributed by atoms with Gasteiger partial charge in [0.2, 0.25) is 15.9 Å². The summed E-state index contributed by atoms with van der Waals surface area (Å²) in [6, 6.07) is 11.7. The number of rotatable bonds is 8. The SMILES string of the molecule is COc1ccc(S(=O)(=O)N(CC(=O)Nc2ccc(I)cc2)C2CCCCC2)cc1OC. The molecule has 1 aliphatic rings. The van der Waals surface area contributed by atoms with Crippen molar-refractivity contribution in [1.29, 1.82) is 0 Å². The van der Waals surface area contributed by atoms with Crippen molar-refractivity contribution in [3.63, 3.8) is 0 Å². The largest absolute Gasteiger partial charge is 0.493 e. The predicted octanol–water partition coefficient (Wildman–Crippen LogP) is 4.27. The summed E-state index contributed by atoms with van der Waals surface area (Å²) in [5.41, 5.74) is 0.637. The quantitative estimate of drug-likeness (QED) is 0.490. The van der Waals surface area contributed by atoms with Crippen LogP contribution in [0, 0.1) is 3.57 Å². The van der Waals surface area contributed by atoms with E-state index in [1.165, 1.54) is 30.7 Å². The third-order valence-corrected chi connectivity index (χ3v) is 7.98. The molecule has 0 radical (unpaired) electrons. The fourth-order valence-electron chi connectivity index (χ4n) is 3.77. The Morgan fingerprint density at radius 1 is 1.03 bits per heavy atom. The minimum absolute atomic E-state index is 0.0813. The maximum Gasteiger partial charge on any atom is 0.243 e. The number of nitrogens with zero attached hydrogens (tertiary/aromatic N) is 1. The zero-order valence-electron chi connectivity index (χ0n) is 17.6. The van der Waals surface area contributed by atoms with Gasteiger partial charge in [-0.2, -0.15) is 4.31 Å². The van der Waals surface area contributed by atoms with E-state index in [1.807, 2.05) is 12.1 Å². The Morgan fingerprint density at radius 2 is 1.68 bits per heavy atom. The summed E-state index contributed by atoms with van der Waals surface area (Å²) in [5, 5.41) is 2.81. The van der Waals surface area contributed by atoms with E-state index in [0.717, 1.165) is 35.7 Å². The molecule has 0 heterocycles. The topological polar surface area (TPSA) is 84.9 Å². The summed E-state index contributed by atoms with van der Waals surface area (Å²) >= 11 is 2.19. The Morgan fingerprint density at radius 3 is 2.29 bits per heavy atom. The van der Waals surface area contributed by atoms with Gasteiger partial charge in [-0.05, 0) is 71.8 Å². The van der Waals surface area contributed by atoms with Crippen LogP contribution in [-0.4, -0.2) is 45.4 Å². The average molecular weight is 558 g/mol. The molecule has 0 aliphatic heterocycles. The van der Waals surface area contributed by atoms with Gasteiger partial charge < -0.3 is 14.8 Å². The summed E-state index contributed by atoms with van der Waals surface area (Å²) < 4.78 is 40.1. The number of nitrogens with one attached hydrogen (secondary N) is 1. The van der Waals surface area contributed by atoms with E-state index >= 15 is 0 Å². The van der Waals surface area contributed by atoms with Crippen LogP contribution < -0.4 is 14.8 Å². The molecule has 0 aromatic heterocycles. The van der Waals surface area contributed by atoms with Crippen LogP contribution in [0.25, 0.3) is 0 Å². The van der Waals surface area contributed by atoms with Crippen LogP contribution in [0.1, 0.15) is 32.1 Å². The van der Waals surface area contributed by atoms with E-state index in [1.54, 1.807) is 18.2 Å². The first kappa shape index (κ1) is 23.8. The van der Waals surface area contributed by atoms with Crippen molar-refractivity contribution < 1.29 is 22.7 Å². The smallest absolute Gasteiger partial charge is 0.243 e. The molecule has 2 aromatic rings. The van der Waals surface area contributed by atoms with E-state index in [2.05, 4.69) is 27.9 Å². The van der Waals surface area contributed by atoms with Crippen LogP contribution in [0.3, 0.4) is 0 Å². The zero-order valence-corrected chi connectivity index (χ0v) is 20.6. The monoisotopic (exact) mass is 558 g/mol. The second-order valence-corrected chi connectivity index (χ2v) is 10.6. The fourth-order valence-corrected chi connectivity index (χ4v) is 5.78. The molecular formula is C22H27IN2O5S. The molecule has 0 unspecified atom stereocenters. The van der Waals surface area contributed by atoms with E-state index in [4.69, 9.17) is 9.47 Å². The molecule has 0 spiro atoms. The summed E-state index contributed by atoms with van der Waals surface area (Å²) in [7, 11) is -0.961. The molecule has 31 heavy (non-hydrogen) atoms. The highest BCUT2D eigenvalue weighted by molar-refractivity contribution is 14.1. The number of anilines is 1. The third-order valence-electron chi connectivity index (χ3n) is 5.37. The first-order chi connectivity index (χ1) is 14.8. The average Bonchev–Trinajstić information content (AvgIpc) is 2.79. The summed E-state index contributed by atoms with van der Waals surface area (Å²) in [5.74, 6) is 0.411. The highest BCUT2D eigenvalue weighted by Gasteiger charge is 2.34. The van der Waals surface area contributed by atoms with E-state index in [9.17, 15) is 13.2 Å². The summed E-state index contributed by atoms with van der Waals surface area (Å²) in [6.45, 7) is -0.243. The van der Waals surface area contributed by atoms with Crippen molar-refractivity contribution >= 4 is 44.2 Å². The van der Waals surface area contributed by atoms with Crippen LogP contribution in [0.5, 0.6) is 11.5 Å². The molecule has 1 fully saturated rings. The van der Waals surface area contributed by atoms with Gasteiger partial charge in [-0.25, -0.2) is 8.42 Å². The number of methoxy groups -OCH3 is 2. The van der Waals surface area contributed by atoms with Gasteiger partial charge in [-0.3, -0.25) is 4.79 Å². The maximum absolute atomic E-state index is 13.6.